The highest BCUT2D eigenvalue weighted by Gasteiger charge is 2.32. The Morgan fingerprint density at radius 1 is 1.40 bits per heavy atom. The van der Waals surface area contributed by atoms with Crippen molar-refractivity contribution in [3.8, 4) is 0 Å². The fraction of sp³-hybridized carbons (Fsp3) is 0.750. The first-order valence-corrected chi connectivity index (χ1v) is 8.81. The molecule has 0 radical (unpaired) electrons. The summed E-state index contributed by atoms with van der Waals surface area (Å²) in [6.07, 6.45) is 7.44. The Hall–Kier alpha value is -0.420. The minimum Gasteiger partial charge on any atom is -0.395 e. The minimum absolute atomic E-state index is 0.141. The summed E-state index contributed by atoms with van der Waals surface area (Å²) in [5.74, 6) is 0. The Morgan fingerprint density at radius 2 is 2.15 bits per heavy atom. The molecule has 1 aliphatic rings. The van der Waals surface area contributed by atoms with Gasteiger partial charge in [-0.25, -0.2) is 0 Å². The van der Waals surface area contributed by atoms with Gasteiger partial charge in [-0.1, -0.05) is 32.3 Å². The molecule has 0 aliphatic heterocycles. The van der Waals surface area contributed by atoms with Crippen LogP contribution in [0.15, 0.2) is 17.5 Å². The van der Waals surface area contributed by atoms with Gasteiger partial charge in [0, 0.05) is 23.5 Å². The van der Waals surface area contributed by atoms with Gasteiger partial charge in [0.2, 0.25) is 0 Å². The lowest BCUT2D eigenvalue weighted by Crippen LogP contribution is -2.47. The molecule has 114 valence electrons. The SMILES string of the molecule is CCC(N)C(c1cccs1)N(CCO)C1CCCCC1. The minimum atomic E-state index is 0.141. The molecule has 2 atom stereocenters. The van der Waals surface area contributed by atoms with Crippen molar-refractivity contribution in [2.45, 2.75) is 63.6 Å². The summed E-state index contributed by atoms with van der Waals surface area (Å²) in [6, 6.07) is 5.28. The quantitative estimate of drug-likeness (QED) is 0.812. The standard InChI is InChI=1S/C16H28N2OS/c1-2-14(17)16(15-9-6-12-20-15)18(10-11-19)13-7-4-3-5-8-13/h6,9,12-14,16,19H,2-5,7-8,10-11,17H2,1H3. The van der Waals surface area contributed by atoms with Crippen LogP contribution in [0.1, 0.15) is 56.4 Å². The average molecular weight is 296 g/mol. The number of hydrogen-bond acceptors (Lipinski definition) is 4. The van der Waals surface area contributed by atoms with E-state index in [4.69, 9.17) is 5.73 Å². The van der Waals surface area contributed by atoms with E-state index in [1.54, 1.807) is 11.3 Å². The van der Waals surface area contributed by atoms with Crippen molar-refractivity contribution in [3.05, 3.63) is 22.4 Å². The predicted molar refractivity (Wildman–Crippen MR) is 86.0 cm³/mol. The Morgan fingerprint density at radius 3 is 2.70 bits per heavy atom. The third kappa shape index (κ3) is 3.82. The third-order valence-corrected chi connectivity index (χ3v) is 5.41. The Labute approximate surface area is 126 Å². The number of nitrogens with zero attached hydrogens (tertiary/aromatic N) is 1. The second kappa shape index (κ2) is 8.13. The van der Waals surface area contributed by atoms with Crippen molar-refractivity contribution in [1.29, 1.82) is 0 Å². The van der Waals surface area contributed by atoms with E-state index in [-0.39, 0.29) is 18.7 Å². The molecular weight excluding hydrogens is 268 g/mol. The lowest BCUT2D eigenvalue weighted by Gasteiger charge is -2.41. The summed E-state index contributed by atoms with van der Waals surface area (Å²) in [4.78, 5) is 3.83. The zero-order chi connectivity index (χ0) is 14.4. The summed E-state index contributed by atoms with van der Waals surface area (Å²) in [7, 11) is 0. The Kier molecular flexibility index (Phi) is 6.49. The van der Waals surface area contributed by atoms with Gasteiger partial charge in [-0.2, -0.15) is 0 Å². The largest absolute Gasteiger partial charge is 0.395 e. The van der Waals surface area contributed by atoms with E-state index in [0.29, 0.717) is 6.04 Å². The summed E-state index contributed by atoms with van der Waals surface area (Å²) < 4.78 is 0. The van der Waals surface area contributed by atoms with Gasteiger partial charge in [0.15, 0.2) is 0 Å². The molecule has 1 aliphatic carbocycles. The predicted octanol–water partition coefficient (Wildman–Crippen LogP) is 3.15. The number of nitrogens with two attached hydrogens (primary N) is 1. The van der Waals surface area contributed by atoms with E-state index in [1.165, 1.54) is 37.0 Å². The molecule has 1 aromatic rings. The lowest BCUT2D eigenvalue weighted by molar-refractivity contribution is 0.0681. The van der Waals surface area contributed by atoms with Gasteiger partial charge in [0.1, 0.15) is 0 Å². The molecule has 3 nitrogen and oxygen atoms in total. The fourth-order valence-corrected chi connectivity index (χ4v) is 4.30. The summed E-state index contributed by atoms with van der Waals surface area (Å²) in [6.45, 7) is 3.11. The van der Waals surface area contributed by atoms with Crippen LogP contribution in [0.3, 0.4) is 0 Å². The molecule has 1 heterocycles. The highest BCUT2D eigenvalue weighted by molar-refractivity contribution is 7.10. The van der Waals surface area contributed by atoms with E-state index in [0.717, 1.165) is 13.0 Å². The van der Waals surface area contributed by atoms with Gasteiger partial charge in [-0.05, 0) is 30.7 Å². The second-order valence-electron chi connectivity index (χ2n) is 5.79. The van der Waals surface area contributed by atoms with Crippen LogP contribution in [0.4, 0.5) is 0 Å². The van der Waals surface area contributed by atoms with Crippen molar-refractivity contribution in [2.75, 3.05) is 13.2 Å². The number of hydrogen-bond donors (Lipinski definition) is 2. The second-order valence-corrected chi connectivity index (χ2v) is 6.76. The zero-order valence-electron chi connectivity index (χ0n) is 12.5. The van der Waals surface area contributed by atoms with Gasteiger partial charge in [0.05, 0.1) is 12.6 Å². The summed E-state index contributed by atoms with van der Waals surface area (Å²) in [5, 5.41) is 11.6. The number of aliphatic hydroxyl groups excluding tert-OH is 1. The maximum absolute atomic E-state index is 9.49. The van der Waals surface area contributed by atoms with Crippen LogP contribution in [0.5, 0.6) is 0 Å². The summed E-state index contributed by atoms with van der Waals surface area (Å²) in [5.41, 5.74) is 6.43. The molecule has 20 heavy (non-hydrogen) atoms. The van der Waals surface area contributed by atoms with Gasteiger partial charge >= 0.3 is 0 Å². The topological polar surface area (TPSA) is 49.5 Å². The fourth-order valence-electron chi connectivity index (χ4n) is 3.38. The van der Waals surface area contributed by atoms with Crippen molar-refractivity contribution in [1.82, 2.24) is 4.90 Å². The molecule has 0 spiro atoms. The molecule has 0 amide bonds. The lowest BCUT2D eigenvalue weighted by atomic mass is 9.91. The van der Waals surface area contributed by atoms with Crippen LogP contribution in [-0.2, 0) is 0 Å². The van der Waals surface area contributed by atoms with E-state index >= 15 is 0 Å². The van der Waals surface area contributed by atoms with Gasteiger partial charge in [0.25, 0.3) is 0 Å². The Balaban J connectivity index is 2.21. The molecule has 2 unspecified atom stereocenters. The third-order valence-electron chi connectivity index (χ3n) is 4.47. The van der Waals surface area contributed by atoms with E-state index in [1.807, 2.05) is 0 Å². The molecular formula is C16H28N2OS. The van der Waals surface area contributed by atoms with Crippen molar-refractivity contribution < 1.29 is 5.11 Å². The normalized spacial score (nSPS) is 20.2. The first-order valence-electron chi connectivity index (χ1n) is 7.93. The van der Waals surface area contributed by atoms with Crippen LogP contribution in [0, 0.1) is 0 Å². The van der Waals surface area contributed by atoms with Gasteiger partial charge < -0.3 is 10.8 Å². The molecule has 4 heteroatoms. The molecule has 1 saturated carbocycles. The van der Waals surface area contributed by atoms with Crippen LogP contribution < -0.4 is 5.73 Å². The van der Waals surface area contributed by atoms with Crippen molar-refractivity contribution >= 4 is 11.3 Å². The van der Waals surface area contributed by atoms with Crippen LogP contribution in [0.25, 0.3) is 0 Å². The first-order chi connectivity index (χ1) is 9.77. The smallest absolute Gasteiger partial charge is 0.0596 e. The van der Waals surface area contributed by atoms with E-state index in [9.17, 15) is 5.11 Å². The van der Waals surface area contributed by atoms with E-state index < -0.39 is 0 Å². The van der Waals surface area contributed by atoms with Crippen molar-refractivity contribution in [2.24, 2.45) is 5.73 Å². The van der Waals surface area contributed by atoms with E-state index in [2.05, 4.69) is 29.3 Å². The molecule has 0 aromatic carbocycles. The molecule has 0 saturated heterocycles. The van der Waals surface area contributed by atoms with Gasteiger partial charge in [-0.3, -0.25) is 4.90 Å². The van der Waals surface area contributed by atoms with Crippen LogP contribution >= 0.6 is 11.3 Å². The molecule has 1 fully saturated rings. The summed E-state index contributed by atoms with van der Waals surface area (Å²) >= 11 is 1.79. The molecule has 0 bridgehead atoms. The number of rotatable bonds is 7. The highest BCUT2D eigenvalue weighted by Crippen LogP contribution is 2.34. The highest BCUT2D eigenvalue weighted by atomic mass is 32.1. The number of aliphatic hydroxyl groups is 1. The maximum atomic E-state index is 9.49. The van der Waals surface area contributed by atoms with Crippen LogP contribution in [-0.4, -0.2) is 35.2 Å². The zero-order valence-corrected chi connectivity index (χ0v) is 13.3. The molecule has 2 rings (SSSR count). The monoisotopic (exact) mass is 296 g/mol. The molecule has 3 N–H and O–H groups in total. The van der Waals surface area contributed by atoms with Crippen molar-refractivity contribution in [3.63, 3.8) is 0 Å². The van der Waals surface area contributed by atoms with Crippen LogP contribution in [0.2, 0.25) is 0 Å². The number of thiophene rings is 1. The first kappa shape index (κ1) is 16.0. The molecule has 1 aromatic heterocycles. The Bertz CT molecular complexity index is 363. The van der Waals surface area contributed by atoms with Gasteiger partial charge in [-0.15, -0.1) is 11.3 Å². The maximum Gasteiger partial charge on any atom is 0.0596 e. The average Bonchev–Trinajstić information content (AvgIpc) is 3.01.